The first-order valence-electron chi connectivity index (χ1n) is 11.1. The lowest BCUT2D eigenvalue weighted by atomic mass is 9.96. The molecule has 0 bridgehead atoms. The molecule has 8 nitrogen and oxygen atoms in total. The number of pyridine rings is 1. The smallest absolute Gasteiger partial charge is 0.325 e. The summed E-state index contributed by atoms with van der Waals surface area (Å²) in [5, 5.41) is 8.39. The Balaban J connectivity index is 1.38. The van der Waals surface area contributed by atoms with E-state index < -0.39 is 18.0 Å². The average Bonchev–Trinajstić information content (AvgIpc) is 3.53. The molecule has 1 unspecified atom stereocenters. The highest BCUT2D eigenvalue weighted by molar-refractivity contribution is 5.89. The van der Waals surface area contributed by atoms with Gasteiger partial charge in [-0.3, -0.25) is 19.7 Å². The maximum Gasteiger partial charge on any atom is 0.325 e. The second-order valence-corrected chi connectivity index (χ2v) is 8.11. The SMILES string of the molecule is CCCNOC(=O)CCC(=O)OC(C)c1ccc(-c2ccc3[nH]ncc3c2C2CC2)nc1. The van der Waals surface area contributed by atoms with Crippen molar-refractivity contribution in [2.75, 3.05) is 6.54 Å². The molecule has 0 radical (unpaired) electrons. The molecule has 2 N–H and O–H groups in total. The topological polar surface area (TPSA) is 106 Å². The maximum absolute atomic E-state index is 12.1. The van der Waals surface area contributed by atoms with Gasteiger partial charge in [0.2, 0.25) is 0 Å². The summed E-state index contributed by atoms with van der Waals surface area (Å²) in [6, 6.07) is 8.02. The number of ether oxygens (including phenoxy) is 1. The fourth-order valence-corrected chi connectivity index (χ4v) is 3.69. The normalized spacial score (nSPS) is 14.3. The Kier molecular flexibility index (Phi) is 6.80. The van der Waals surface area contributed by atoms with Crippen molar-refractivity contribution in [1.29, 1.82) is 0 Å². The maximum atomic E-state index is 12.1. The van der Waals surface area contributed by atoms with Gasteiger partial charge in [-0.25, -0.2) is 0 Å². The van der Waals surface area contributed by atoms with Crippen molar-refractivity contribution in [3.63, 3.8) is 0 Å². The molecule has 8 heteroatoms. The zero-order valence-corrected chi connectivity index (χ0v) is 18.4. The molecule has 2 aromatic heterocycles. The average molecular weight is 437 g/mol. The number of aromatic amines is 1. The molecule has 1 saturated carbocycles. The van der Waals surface area contributed by atoms with E-state index >= 15 is 0 Å². The molecule has 2 heterocycles. The van der Waals surface area contributed by atoms with Crippen LogP contribution in [0, 0.1) is 0 Å². The zero-order valence-electron chi connectivity index (χ0n) is 18.4. The molecule has 32 heavy (non-hydrogen) atoms. The molecular formula is C24H28N4O4. The molecule has 1 fully saturated rings. The van der Waals surface area contributed by atoms with Crippen LogP contribution in [0.3, 0.4) is 0 Å². The molecule has 3 aromatic rings. The number of fused-ring (bicyclic) bond motifs is 1. The van der Waals surface area contributed by atoms with E-state index in [9.17, 15) is 9.59 Å². The number of hydroxylamine groups is 1. The second kappa shape index (κ2) is 9.91. The molecule has 0 saturated heterocycles. The summed E-state index contributed by atoms with van der Waals surface area (Å²) in [5.74, 6) is -0.373. The summed E-state index contributed by atoms with van der Waals surface area (Å²) in [6.45, 7) is 4.34. The van der Waals surface area contributed by atoms with Crippen molar-refractivity contribution in [3.8, 4) is 11.3 Å². The van der Waals surface area contributed by atoms with Crippen LogP contribution >= 0.6 is 0 Å². The van der Waals surface area contributed by atoms with Gasteiger partial charge in [0.05, 0.1) is 30.2 Å². The lowest BCUT2D eigenvalue weighted by Gasteiger charge is -2.15. The number of H-pyrrole nitrogens is 1. The van der Waals surface area contributed by atoms with Crippen LogP contribution < -0.4 is 5.48 Å². The minimum absolute atomic E-state index is 0.0279. The Morgan fingerprint density at radius 2 is 1.97 bits per heavy atom. The predicted molar refractivity (Wildman–Crippen MR) is 119 cm³/mol. The molecule has 1 aliphatic carbocycles. The second-order valence-electron chi connectivity index (χ2n) is 8.11. The molecule has 0 amide bonds. The third-order valence-electron chi connectivity index (χ3n) is 5.56. The van der Waals surface area contributed by atoms with Crippen molar-refractivity contribution < 1.29 is 19.2 Å². The van der Waals surface area contributed by atoms with Crippen LogP contribution in [0.4, 0.5) is 0 Å². The summed E-state index contributed by atoms with van der Waals surface area (Å²) >= 11 is 0. The van der Waals surface area contributed by atoms with E-state index in [-0.39, 0.29) is 12.8 Å². The van der Waals surface area contributed by atoms with Gasteiger partial charge >= 0.3 is 11.9 Å². The van der Waals surface area contributed by atoms with Crippen molar-refractivity contribution in [2.45, 2.75) is 58.0 Å². The van der Waals surface area contributed by atoms with Gasteiger partial charge in [0.15, 0.2) is 0 Å². The van der Waals surface area contributed by atoms with E-state index in [4.69, 9.17) is 9.57 Å². The van der Waals surface area contributed by atoms with Crippen molar-refractivity contribution in [1.82, 2.24) is 20.7 Å². The van der Waals surface area contributed by atoms with Gasteiger partial charge in [-0.15, -0.1) is 0 Å². The molecule has 1 atom stereocenters. The molecule has 4 rings (SSSR count). The zero-order chi connectivity index (χ0) is 22.5. The lowest BCUT2D eigenvalue weighted by molar-refractivity contribution is -0.156. The van der Waals surface area contributed by atoms with Crippen molar-refractivity contribution in [2.24, 2.45) is 0 Å². The Hall–Kier alpha value is -3.26. The number of hydrogen-bond acceptors (Lipinski definition) is 7. The first-order chi connectivity index (χ1) is 15.6. The highest BCUT2D eigenvalue weighted by Crippen LogP contribution is 2.47. The van der Waals surface area contributed by atoms with Gasteiger partial charge in [0.1, 0.15) is 6.10 Å². The third-order valence-corrected chi connectivity index (χ3v) is 5.56. The van der Waals surface area contributed by atoms with Gasteiger partial charge in [-0.05, 0) is 49.8 Å². The van der Waals surface area contributed by atoms with Crippen LogP contribution in [0.15, 0.2) is 36.7 Å². The molecular weight excluding hydrogens is 408 g/mol. The monoisotopic (exact) mass is 436 g/mol. The van der Waals surface area contributed by atoms with Gasteiger partial charge in [-0.2, -0.15) is 10.6 Å². The highest BCUT2D eigenvalue weighted by Gasteiger charge is 2.29. The number of aromatic nitrogens is 3. The fourth-order valence-electron chi connectivity index (χ4n) is 3.69. The Morgan fingerprint density at radius 3 is 2.69 bits per heavy atom. The molecule has 1 aliphatic rings. The highest BCUT2D eigenvalue weighted by atomic mass is 16.7. The standard InChI is InChI=1S/C24H28N4O4/c1-3-12-27-32-23(30)11-10-22(29)31-15(2)17-6-8-20(25-13-17)18-7-9-21-19(14-26-28-21)24(18)16-4-5-16/h6-9,13-16,27H,3-5,10-12H2,1-2H3,(H,26,28). The number of carbonyl (C=O) groups excluding carboxylic acids is 2. The Labute approximate surface area is 186 Å². The van der Waals surface area contributed by atoms with E-state index in [0.717, 1.165) is 34.1 Å². The molecule has 1 aromatic carbocycles. The Morgan fingerprint density at radius 1 is 1.16 bits per heavy atom. The molecule has 0 spiro atoms. The first kappa shape index (κ1) is 22.0. The minimum atomic E-state index is -0.477. The number of benzene rings is 1. The summed E-state index contributed by atoms with van der Waals surface area (Å²) in [7, 11) is 0. The first-order valence-corrected chi connectivity index (χ1v) is 11.1. The van der Waals surface area contributed by atoms with E-state index in [0.29, 0.717) is 12.5 Å². The quantitative estimate of drug-likeness (QED) is 0.276. The Bertz CT molecular complexity index is 1090. The third kappa shape index (κ3) is 5.13. The summed E-state index contributed by atoms with van der Waals surface area (Å²) in [6.07, 6.45) is 6.33. The number of hydrogen-bond donors (Lipinski definition) is 2. The molecule has 168 valence electrons. The largest absolute Gasteiger partial charge is 0.458 e. The number of carbonyl (C=O) groups is 2. The van der Waals surface area contributed by atoms with Crippen LogP contribution in [0.1, 0.15) is 69.1 Å². The van der Waals surface area contributed by atoms with E-state index in [1.54, 1.807) is 13.1 Å². The van der Waals surface area contributed by atoms with Crippen LogP contribution in [0.2, 0.25) is 0 Å². The minimum Gasteiger partial charge on any atom is -0.458 e. The van der Waals surface area contributed by atoms with Gasteiger partial charge in [0.25, 0.3) is 0 Å². The van der Waals surface area contributed by atoms with Crippen molar-refractivity contribution >= 4 is 22.8 Å². The van der Waals surface area contributed by atoms with E-state index in [1.165, 1.54) is 18.4 Å². The van der Waals surface area contributed by atoms with Crippen LogP contribution in [-0.2, 0) is 19.2 Å². The number of nitrogens with one attached hydrogen (secondary N) is 2. The lowest BCUT2D eigenvalue weighted by Crippen LogP contribution is -2.21. The number of rotatable bonds is 10. The van der Waals surface area contributed by atoms with E-state index in [1.807, 2.05) is 31.3 Å². The fraction of sp³-hybridized carbons (Fsp3) is 0.417. The summed E-state index contributed by atoms with van der Waals surface area (Å²) in [4.78, 5) is 33.2. The van der Waals surface area contributed by atoms with Gasteiger partial charge in [-0.1, -0.05) is 19.1 Å². The number of nitrogens with zero attached hydrogens (tertiary/aromatic N) is 2. The van der Waals surface area contributed by atoms with Gasteiger partial charge in [0, 0.05) is 29.3 Å². The molecule has 0 aliphatic heterocycles. The van der Waals surface area contributed by atoms with E-state index in [2.05, 4.69) is 26.7 Å². The predicted octanol–water partition coefficient (Wildman–Crippen LogP) is 4.34. The summed E-state index contributed by atoms with van der Waals surface area (Å²) < 4.78 is 5.46. The van der Waals surface area contributed by atoms with Gasteiger partial charge < -0.3 is 9.57 Å². The number of esters is 1. The van der Waals surface area contributed by atoms with Crippen LogP contribution in [0.5, 0.6) is 0 Å². The van der Waals surface area contributed by atoms with Crippen LogP contribution in [-0.4, -0.2) is 33.7 Å². The summed E-state index contributed by atoms with van der Waals surface area (Å²) in [5.41, 5.74) is 7.70. The van der Waals surface area contributed by atoms with Crippen molar-refractivity contribution in [3.05, 3.63) is 47.8 Å². The van der Waals surface area contributed by atoms with Crippen LogP contribution in [0.25, 0.3) is 22.2 Å².